The van der Waals surface area contributed by atoms with Gasteiger partial charge in [0.05, 0.1) is 12.0 Å². The second kappa shape index (κ2) is 5.01. The number of rotatable bonds is 3. The van der Waals surface area contributed by atoms with E-state index in [2.05, 4.69) is 15.1 Å². The van der Waals surface area contributed by atoms with E-state index in [4.69, 9.17) is 10.3 Å². The smallest absolute Gasteiger partial charge is 0.260 e. The molecule has 0 aliphatic carbocycles. The van der Waals surface area contributed by atoms with Gasteiger partial charge in [0, 0.05) is 16.8 Å². The van der Waals surface area contributed by atoms with Crippen molar-refractivity contribution in [2.24, 2.45) is 0 Å². The molecule has 0 amide bonds. The first-order chi connectivity index (χ1) is 9.61. The van der Waals surface area contributed by atoms with Gasteiger partial charge in [-0.1, -0.05) is 5.16 Å². The summed E-state index contributed by atoms with van der Waals surface area (Å²) in [5.74, 6) is 0.313. The lowest BCUT2D eigenvalue weighted by Gasteiger charge is -1.99. The molecule has 2 heterocycles. The monoisotopic (exact) mass is 290 g/mol. The molecule has 20 heavy (non-hydrogen) atoms. The Bertz CT molecular complexity index is 752. The van der Waals surface area contributed by atoms with E-state index >= 15 is 0 Å². The number of hydrogen-bond acceptors (Lipinski definition) is 6. The molecular weight excluding hydrogens is 279 g/mol. The Hall–Kier alpha value is -2.28. The minimum atomic E-state index is -0.399. The summed E-state index contributed by atoms with van der Waals surface area (Å²) >= 11 is 1.54. The summed E-state index contributed by atoms with van der Waals surface area (Å²) in [5.41, 5.74) is 7.54. The van der Waals surface area contributed by atoms with E-state index in [1.54, 1.807) is 0 Å². The molecule has 7 heteroatoms. The molecule has 3 aromatic rings. The number of thiazole rings is 1. The number of nitrogens with zero attached hydrogens (tertiary/aromatic N) is 3. The van der Waals surface area contributed by atoms with Crippen molar-refractivity contribution in [2.75, 3.05) is 5.73 Å². The fourth-order valence-corrected chi connectivity index (χ4v) is 2.54. The van der Waals surface area contributed by atoms with Crippen LogP contribution in [0.25, 0.3) is 11.5 Å². The molecule has 2 N–H and O–H groups in total. The fraction of sp³-hybridized carbons (Fsp3) is 0.154. The highest BCUT2D eigenvalue weighted by atomic mass is 32.1. The largest absolute Gasteiger partial charge is 0.398 e. The predicted molar refractivity (Wildman–Crippen MR) is 73.8 cm³/mol. The van der Waals surface area contributed by atoms with Gasteiger partial charge in [-0.25, -0.2) is 9.37 Å². The van der Waals surface area contributed by atoms with Crippen LogP contribution in [-0.2, 0) is 6.42 Å². The highest BCUT2D eigenvalue weighted by molar-refractivity contribution is 7.09. The Kier molecular flexibility index (Phi) is 3.19. The van der Waals surface area contributed by atoms with Crippen LogP contribution in [0, 0.1) is 12.7 Å². The van der Waals surface area contributed by atoms with Crippen LogP contribution in [0.5, 0.6) is 0 Å². The third-order valence-electron chi connectivity index (χ3n) is 2.69. The summed E-state index contributed by atoms with van der Waals surface area (Å²) in [6, 6.07) is 4.04. The van der Waals surface area contributed by atoms with E-state index in [0.717, 1.165) is 10.7 Å². The lowest BCUT2D eigenvalue weighted by Crippen LogP contribution is -1.93. The summed E-state index contributed by atoms with van der Waals surface area (Å²) in [7, 11) is 0. The van der Waals surface area contributed by atoms with Gasteiger partial charge in [0.2, 0.25) is 0 Å². The summed E-state index contributed by atoms with van der Waals surface area (Å²) in [4.78, 5) is 8.56. The first-order valence-corrected chi connectivity index (χ1v) is 6.79. The Morgan fingerprint density at radius 2 is 2.20 bits per heavy atom. The van der Waals surface area contributed by atoms with Crippen LogP contribution in [0.1, 0.15) is 16.5 Å². The van der Waals surface area contributed by atoms with Crippen molar-refractivity contribution in [2.45, 2.75) is 13.3 Å². The van der Waals surface area contributed by atoms with Crippen molar-refractivity contribution < 1.29 is 8.91 Å². The van der Waals surface area contributed by atoms with Gasteiger partial charge in [0.1, 0.15) is 10.8 Å². The molecule has 0 saturated carbocycles. The van der Waals surface area contributed by atoms with E-state index in [9.17, 15) is 4.39 Å². The van der Waals surface area contributed by atoms with Crippen LogP contribution < -0.4 is 5.73 Å². The van der Waals surface area contributed by atoms with Gasteiger partial charge in [-0.2, -0.15) is 4.98 Å². The van der Waals surface area contributed by atoms with Crippen LogP contribution in [0.15, 0.2) is 28.1 Å². The van der Waals surface area contributed by atoms with Gasteiger partial charge in [-0.3, -0.25) is 0 Å². The summed E-state index contributed by atoms with van der Waals surface area (Å²) < 4.78 is 18.4. The van der Waals surface area contributed by atoms with Crippen molar-refractivity contribution in [3.63, 3.8) is 0 Å². The molecule has 0 aliphatic heterocycles. The zero-order valence-electron chi connectivity index (χ0n) is 10.6. The number of nitrogens with two attached hydrogens (primary N) is 1. The lowest BCUT2D eigenvalue weighted by atomic mass is 10.2. The fourth-order valence-electron chi connectivity index (χ4n) is 1.77. The summed E-state index contributed by atoms with van der Waals surface area (Å²) in [5, 5.41) is 6.73. The van der Waals surface area contributed by atoms with Crippen LogP contribution in [0.2, 0.25) is 0 Å². The molecular formula is C13H11FN4OS. The maximum absolute atomic E-state index is 13.2. The minimum Gasteiger partial charge on any atom is -0.398 e. The number of anilines is 1. The van der Waals surface area contributed by atoms with E-state index in [1.165, 1.54) is 29.5 Å². The van der Waals surface area contributed by atoms with Gasteiger partial charge < -0.3 is 10.3 Å². The average molecular weight is 290 g/mol. The van der Waals surface area contributed by atoms with Crippen molar-refractivity contribution in [1.82, 2.24) is 15.1 Å². The second-order valence-electron chi connectivity index (χ2n) is 4.31. The topological polar surface area (TPSA) is 77.8 Å². The molecule has 0 atom stereocenters. The minimum absolute atomic E-state index is 0.213. The molecule has 0 aliphatic rings. The molecule has 0 saturated heterocycles. The molecule has 3 rings (SSSR count). The van der Waals surface area contributed by atoms with Crippen molar-refractivity contribution in [3.8, 4) is 11.5 Å². The standard InChI is InChI=1S/C13H11FN4OS/c1-7-6-20-12(16-7)5-11-17-13(19-18-11)9-4-8(14)2-3-10(9)15/h2-4,6H,5,15H2,1H3. The SMILES string of the molecule is Cc1csc(Cc2noc(-c3cc(F)ccc3N)n2)n1. The van der Waals surface area contributed by atoms with Crippen molar-refractivity contribution in [3.05, 3.63) is 45.9 Å². The highest BCUT2D eigenvalue weighted by Crippen LogP contribution is 2.25. The maximum atomic E-state index is 13.2. The average Bonchev–Trinajstić information content (AvgIpc) is 3.02. The van der Waals surface area contributed by atoms with E-state index in [0.29, 0.717) is 23.5 Å². The number of halogens is 1. The quantitative estimate of drug-likeness (QED) is 0.750. The van der Waals surface area contributed by atoms with Crippen molar-refractivity contribution >= 4 is 17.0 Å². The van der Waals surface area contributed by atoms with Gasteiger partial charge in [-0.15, -0.1) is 11.3 Å². The van der Waals surface area contributed by atoms with E-state index in [1.807, 2.05) is 12.3 Å². The second-order valence-corrected chi connectivity index (χ2v) is 5.25. The molecule has 0 fully saturated rings. The number of aromatic nitrogens is 3. The Morgan fingerprint density at radius 1 is 1.35 bits per heavy atom. The van der Waals surface area contributed by atoms with Gasteiger partial charge in [-0.05, 0) is 25.1 Å². The molecule has 1 aromatic carbocycles. The van der Waals surface area contributed by atoms with Gasteiger partial charge in [0.15, 0.2) is 5.82 Å². The van der Waals surface area contributed by atoms with Crippen molar-refractivity contribution in [1.29, 1.82) is 0 Å². The molecule has 5 nitrogen and oxygen atoms in total. The molecule has 0 bridgehead atoms. The first kappa shape index (κ1) is 12.7. The third-order valence-corrected chi connectivity index (χ3v) is 3.66. The zero-order chi connectivity index (χ0) is 14.1. The van der Waals surface area contributed by atoms with E-state index < -0.39 is 5.82 Å². The zero-order valence-corrected chi connectivity index (χ0v) is 11.4. The van der Waals surface area contributed by atoms with E-state index in [-0.39, 0.29) is 5.89 Å². The highest BCUT2D eigenvalue weighted by Gasteiger charge is 2.14. The molecule has 2 aromatic heterocycles. The molecule has 0 radical (unpaired) electrons. The molecule has 0 spiro atoms. The third kappa shape index (κ3) is 2.53. The van der Waals surface area contributed by atoms with Crippen LogP contribution in [0.4, 0.5) is 10.1 Å². The first-order valence-electron chi connectivity index (χ1n) is 5.91. The Morgan fingerprint density at radius 3 is 2.95 bits per heavy atom. The van der Waals surface area contributed by atoms with Crippen LogP contribution in [-0.4, -0.2) is 15.1 Å². The summed E-state index contributed by atoms with van der Waals surface area (Å²) in [6.45, 7) is 1.93. The molecule has 102 valence electrons. The summed E-state index contributed by atoms with van der Waals surface area (Å²) in [6.07, 6.45) is 0.483. The number of nitrogen functional groups attached to an aromatic ring is 1. The Labute approximate surface area is 118 Å². The maximum Gasteiger partial charge on any atom is 0.260 e. The Balaban J connectivity index is 1.88. The normalized spacial score (nSPS) is 10.9. The number of benzene rings is 1. The van der Waals surface area contributed by atoms with Crippen LogP contribution in [0.3, 0.4) is 0 Å². The van der Waals surface area contributed by atoms with Gasteiger partial charge >= 0.3 is 0 Å². The number of hydrogen-bond donors (Lipinski definition) is 1. The number of aryl methyl sites for hydroxylation is 1. The van der Waals surface area contributed by atoms with Gasteiger partial charge in [0.25, 0.3) is 5.89 Å². The molecule has 0 unspecified atom stereocenters. The predicted octanol–water partition coefficient (Wildman–Crippen LogP) is 2.81. The lowest BCUT2D eigenvalue weighted by molar-refractivity contribution is 0.424. The van der Waals surface area contributed by atoms with Crippen LogP contribution >= 0.6 is 11.3 Å².